The first-order valence-corrected chi connectivity index (χ1v) is 48.1. The summed E-state index contributed by atoms with van der Waals surface area (Å²) in [5, 5.41) is 138. The highest BCUT2D eigenvalue weighted by molar-refractivity contribution is 5.74. The van der Waals surface area contributed by atoms with Crippen LogP contribution in [0.1, 0.15) is 265 Å². The number of carbonyl (C=O) groups is 3. The van der Waals surface area contributed by atoms with Gasteiger partial charge in [-0.2, -0.15) is 0 Å². The highest BCUT2D eigenvalue weighted by Gasteiger charge is 2.55. The minimum absolute atomic E-state index is 0.0527. The Morgan fingerprint density at radius 3 is 0.833 bits per heavy atom. The number of ether oxygens (including phenoxy) is 9. The van der Waals surface area contributed by atoms with Crippen LogP contribution < -0.4 is 0 Å². The normalized spacial score (nSPS) is 47.5. The van der Waals surface area contributed by atoms with Crippen molar-refractivity contribution < 1.29 is 118 Å². The van der Waals surface area contributed by atoms with Crippen LogP contribution in [0.5, 0.6) is 0 Å². The number of hydrogen-bond acceptors (Lipinski definition) is 30. The molecule has 42 atom stereocenters. The number of rotatable bonds is 15. The van der Waals surface area contributed by atoms with Crippen molar-refractivity contribution in [1.29, 1.82) is 0 Å². The molecule has 0 amide bonds. The minimum atomic E-state index is -1.72. The van der Waals surface area contributed by atoms with E-state index in [1.807, 2.05) is 112 Å². The van der Waals surface area contributed by atoms with E-state index in [-0.39, 0.29) is 91.2 Å². The summed E-state index contributed by atoms with van der Waals surface area (Å²) in [6, 6.07) is -0.786. The van der Waals surface area contributed by atoms with Crippen molar-refractivity contribution in [3.63, 3.8) is 0 Å². The van der Waals surface area contributed by atoms with Gasteiger partial charge in [-0.1, -0.05) is 104 Å². The molecule has 744 valence electrons. The van der Waals surface area contributed by atoms with E-state index >= 15 is 0 Å². The zero-order chi connectivity index (χ0) is 97.0. The summed E-state index contributed by atoms with van der Waals surface area (Å²) in [7, 11) is 11.7. The van der Waals surface area contributed by atoms with Crippen molar-refractivity contribution in [1.82, 2.24) is 29.4 Å². The molecule has 0 aromatic rings. The number of aliphatic hydroxyl groups is 12. The lowest BCUT2D eigenvalue weighted by Gasteiger charge is -2.46. The van der Waals surface area contributed by atoms with E-state index in [0.717, 1.165) is 19.6 Å². The Morgan fingerprint density at radius 2 is 0.595 bits per heavy atom. The predicted octanol–water partition coefficient (Wildman–Crippen LogP) is 7.92. The maximum absolute atomic E-state index is 13.8. The highest BCUT2D eigenvalue weighted by Crippen LogP contribution is 2.43. The van der Waals surface area contributed by atoms with Gasteiger partial charge in [0, 0.05) is 92.9 Å². The van der Waals surface area contributed by atoms with Gasteiger partial charge in [0.2, 0.25) is 0 Å². The number of esters is 3. The molecule has 0 spiro atoms. The van der Waals surface area contributed by atoms with Gasteiger partial charge in [-0.3, -0.25) is 14.4 Å². The van der Waals surface area contributed by atoms with Crippen molar-refractivity contribution in [2.45, 2.75) is 446 Å². The average Bonchev–Trinajstić information content (AvgIpc) is 1.20. The lowest BCUT2D eigenvalue weighted by Crippen LogP contribution is -2.59. The van der Waals surface area contributed by atoms with Gasteiger partial charge in [-0.25, -0.2) is 0 Å². The van der Waals surface area contributed by atoms with Crippen molar-refractivity contribution in [2.75, 3.05) is 81.6 Å². The van der Waals surface area contributed by atoms with Crippen LogP contribution in [0.2, 0.25) is 0 Å². The molecule has 0 saturated carbocycles. The zero-order valence-corrected chi connectivity index (χ0v) is 84.8. The Morgan fingerprint density at radius 1 is 0.357 bits per heavy atom. The van der Waals surface area contributed by atoms with Crippen LogP contribution >= 0.6 is 0 Å². The van der Waals surface area contributed by atoms with Crippen LogP contribution in [0.3, 0.4) is 0 Å². The highest BCUT2D eigenvalue weighted by atomic mass is 16.7. The summed E-state index contributed by atoms with van der Waals surface area (Å²) in [5.74, 6) is -5.76. The van der Waals surface area contributed by atoms with Gasteiger partial charge >= 0.3 is 17.9 Å². The van der Waals surface area contributed by atoms with E-state index in [2.05, 4.69) is 63.3 Å². The molecule has 6 aliphatic heterocycles. The molecule has 30 heteroatoms. The van der Waals surface area contributed by atoms with Gasteiger partial charge in [0.05, 0.1) is 89.5 Å². The van der Waals surface area contributed by atoms with Crippen LogP contribution in [-0.2, 0) is 57.0 Å². The first-order valence-electron chi connectivity index (χ1n) is 48.1. The quantitative estimate of drug-likeness (QED) is 0.0547. The lowest BCUT2D eigenvalue weighted by molar-refractivity contribution is -0.261. The minimum Gasteiger partial charge on any atom is -0.459 e. The first kappa shape index (κ1) is 116. The number of likely N-dealkylation sites (N-methyl/N-ethyl adjacent to an activating group) is 3. The molecule has 0 bridgehead atoms. The maximum Gasteiger partial charge on any atom is 0.311 e. The van der Waals surface area contributed by atoms with Crippen LogP contribution in [0.25, 0.3) is 0 Å². The third-order valence-corrected chi connectivity index (χ3v) is 31.1. The summed E-state index contributed by atoms with van der Waals surface area (Å²) in [6.45, 7) is 59.7. The van der Waals surface area contributed by atoms with Gasteiger partial charge in [0.1, 0.15) is 53.4 Å². The molecule has 0 radical (unpaired) electrons. The van der Waals surface area contributed by atoms with Crippen molar-refractivity contribution in [2.24, 2.45) is 71.0 Å². The molecular weight excluding hydrogens is 1620 g/mol. The van der Waals surface area contributed by atoms with E-state index in [1.54, 1.807) is 83.1 Å². The van der Waals surface area contributed by atoms with E-state index in [0.29, 0.717) is 58.2 Å². The Hall–Kier alpha value is -2.55. The fourth-order valence-corrected chi connectivity index (χ4v) is 21.6. The van der Waals surface area contributed by atoms with Gasteiger partial charge in [0.25, 0.3) is 0 Å². The second-order valence-electron chi connectivity index (χ2n) is 42.2. The van der Waals surface area contributed by atoms with E-state index in [4.69, 9.17) is 42.6 Å². The van der Waals surface area contributed by atoms with Crippen LogP contribution in [0.15, 0.2) is 0 Å². The predicted molar refractivity (Wildman–Crippen MR) is 488 cm³/mol. The molecule has 0 aliphatic carbocycles. The van der Waals surface area contributed by atoms with Crippen molar-refractivity contribution >= 4 is 17.9 Å². The standard InChI is InChI=1S/C33H64N2O8.C32H62N2O8.C31H60N2O8/c1-13-26-33(11,40)30(37)23(8)34(12)18-19(4)17-32(10,39)29(36)21(6)28(22(7)31(38)42-26)43-27-16-25(35(14-2)15-3)20(5)24(9)41-27;1-13-25-32(10,39)29(36)22(7)34(12)17-18(3)16-31(9,38)28(35)20(5)27(21(6)30(37)41-25)42-26-15-24(33(11)14-2)19(4)23(8)40-26;1-13-24-31(9,38)28(35)21(6)33(12)16-17(2)15-30(8,37)27(34)19(4)26(20(5)29(36)40-24)41-25-14-23(32(10)11)18(3)22(7)39-25/h19-30,36-37,39-40H,13-18H2,1-12H3;18-29,35-36,38-39H,13-17H2,1-12H3;17-28,34-35,37-38H,13-16H2,1-12H3/t19-,20-,21+,22-,23-,24?,25?,26-,27+,28+,29-,30-,32-,33-;18-,19-,20+,21-,22-,23?,24?,25-,26+,27+,28-,29-,31-,32-;17-,18-,19+,20-,21-,22?,23?,24-,25+,26+,27-,28-,30-,31-/m111/s1. The molecule has 30 nitrogen and oxygen atoms in total. The summed E-state index contributed by atoms with van der Waals surface area (Å²) in [6.07, 6.45) is -11.4. The second-order valence-corrected chi connectivity index (χ2v) is 42.2. The molecule has 126 heavy (non-hydrogen) atoms. The molecule has 6 heterocycles. The molecular formula is C96H186N6O24. The molecule has 0 aromatic heterocycles. The smallest absolute Gasteiger partial charge is 0.311 e. The summed E-state index contributed by atoms with van der Waals surface area (Å²) in [4.78, 5) is 53.7. The molecule has 6 saturated heterocycles. The van der Waals surface area contributed by atoms with Gasteiger partial charge in [-0.05, 0) is 240 Å². The molecule has 6 rings (SSSR count). The maximum atomic E-state index is 13.8. The molecule has 12 N–H and O–H groups in total. The Balaban J connectivity index is 0.000000396. The van der Waals surface area contributed by atoms with Crippen molar-refractivity contribution in [3.05, 3.63) is 0 Å². The second kappa shape index (κ2) is 48.8. The Bertz CT molecular complexity index is 3210. The largest absolute Gasteiger partial charge is 0.459 e. The number of hydrogen-bond donors (Lipinski definition) is 12. The first-order chi connectivity index (χ1) is 57.9. The average molecular weight is 1810 g/mol. The Labute approximate surface area is 760 Å². The molecule has 6 aliphatic rings. The van der Waals surface area contributed by atoms with E-state index < -0.39 is 197 Å². The van der Waals surface area contributed by atoms with Gasteiger partial charge in [-0.15, -0.1) is 0 Å². The fraction of sp³-hybridized carbons (Fsp3) is 0.969. The SMILES string of the molecule is CC[C@H]1OC(=O)[C@H](C)[C@@H](O[C@H]2CC(N(C)C)[C@H](C)C(C)O2)[C@H](C)[C@@H](O)[C@](C)(O)C[C@@H](C)CN(C)[C@H](C)[C@@H](O)[C@]1(C)O.CC[C@H]1OC(=O)[C@H](C)[C@@H](O[C@H]2CC(N(C)CC)[C@H](C)C(C)O2)[C@H](C)[C@@H](O)[C@](C)(O)C[C@@H](C)CN(C)[C@H](C)[C@@H](O)[C@]1(C)O.CC[C@H]1OC(=O)[C@H](C)[C@@H](O[C@H]2CC(N(CC)CC)[C@H](C)C(C)O2)[C@H](C)[C@@H](O)[C@](C)(O)C[C@@H](C)CN(C)[C@H](C)[C@@H](O)[C@]1(C)O. The van der Waals surface area contributed by atoms with Gasteiger partial charge in [0.15, 0.2) is 18.9 Å². The third kappa shape index (κ3) is 29.0. The van der Waals surface area contributed by atoms with Gasteiger partial charge < -0.3 is 133 Å². The Kier molecular flexibility index (Phi) is 44.8. The summed E-state index contributed by atoms with van der Waals surface area (Å²) in [5.41, 5.74) is -9.60. The van der Waals surface area contributed by atoms with E-state index in [9.17, 15) is 75.7 Å². The van der Waals surface area contributed by atoms with E-state index in [1.165, 1.54) is 20.8 Å². The van der Waals surface area contributed by atoms with Crippen LogP contribution in [0.4, 0.5) is 0 Å². The number of nitrogens with zero attached hydrogens (tertiary/aromatic N) is 6. The topological polar surface area (TPSA) is 396 Å². The number of aliphatic hydroxyl groups excluding tert-OH is 6. The monoisotopic (exact) mass is 1810 g/mol. The third-order valence-electron chi connectivity index (χ3n) is 31.1. The fourth-order valence-electron chi connectivity index (χ4n) is 21.6. The molecule has 6 unspecified atom stereocenters. The van der Waals surface area contributed by atoms with Crippen LogP contribution in [-0.4, -0.2) is 370 Å². The van der Waals surface area contributed by atoms with Crippen LogP contribution in [0, 0.1) is 71.0 Å². The molecule has 0 aromatic carbocycles. The zero-order valence-electron chi connectivity index (χ0n) is 84.8. The summed E-state index contributed by atoms with van der Waals surface area (Å²) < 4.78 is 56.3. The lowest BCUT2D eigenvalue weighted by atomic mass is 9.78. The summed E-state index contributed by atoms with van der Waals surface area (Å²) >= 11 is 0. The molecule has 6 fully saturated rings. The van der Waals surface area contributed by atoms with Crippen molar-refractivity contribution in [3.8, 4) is 0 Å². The number of cyclic esters (lactones) is 3. The number of carbonyl (C=O) groups excluding carboxylic acids is 3.